The standard InChI is InChI=1S/C14H17N3OS/c1-2-3-11-19-14-16-15-13(18)17(14)10-9-12-7-5-4-6-8-12/h2-8H,9-11H2,1H3,(H,15,18). The number of H-pyrrole nitrogens is 1. The quantitative estimate of drug-likeness (QED) is 0.651. The average Bonchev–Trinajstić information content (AvgIpc) is 2.79. The number of nitrogens with one attached hydrogen (secondary N) is 1. The summed E-state index contributed by atoms with van der Waals surface area (Å²) in [4.78, 5) is 11.7. The Morgan fingerprint density at radius 1 is 1.37 bits per heavy atom. The van der Waals surface area contributed by atoms with E-state index in [4.69, 9.17) is 0 Å². The number of hydrogen-bond acceptors (Lipinski definition) is 3. The Morgan fingerprint density at radius 2 is 2.16 bits per heavy atom. The molecule has 1 aromatic heterocycles. The molecule has 2 rings (SSSR count). The first-order valence-electron chi connectivity index (χ1n) is 6.24. The molecule has 0 atom stereocenters. The lowest BCUT2D eigenvalue weighted by Gasteiger charge is -2.04. The monoisotopic (exact) mass is 275 g/mol. The molecule has 0 radical (unpaired) electrons. The van der Waals surface area contributed by atoms with Crippen molar-refractivity contribution in [2.45, 2.75) is 25.0 Å². The van der Waals surface area contributed by atoms with Crippen molar-refractivity contribution in [3.8, 4) is 0 Å². The van der Waals surface area contributed by atoms with Crippen LogP contribution in [0, 0.1) is 0 Å². The zero-order valence-corrected chi connectivity index (χ0v) is 11.7. The SMILES string of the molecule is CC=CCSc1n[nH]c(=O)n1CCc1ccccc1. The molecule has 0 saturated heterocycles. The molecule has 0 aliphatic carbocycles. The van der Waals surface area contributed by atoms with E-state index < -0.39 is 0 Å². The first kappa shape index (κ1) is 13.7. The Bertz CT molecular complexity index is 586. The Balaban J connectivity index is 2.03. The fraction of sp³-hybridized carbons (Fsp3) is 0.286. The van der Waals surface area contributed by atoms with E-state index in [9.17, 15) is 4.79 Å². The second-order valence-corrected chi connectivity index (χ2v) is 5.07. The maximum Gasteiger partial charge on any atom is 0.343 e. The summed E-state index contributed by atoms with van der Waals surface area (Å²) < 4.78 is 1.70. The molecule has 100 valence electrons. The van der Waals surface area contributed by atoms with Crippen molar-refractivity contribution in [1.29, 1.82) is 0 Å². The third-order valence-electron chi connectivity index (χ3n) is 2.73. The molecule has 1 aromatic carbocycles. The molecule has 0 bridgehead atoms. The van der Waals surface area contributed by atoms with Gasteiger partial charge in [-0.2, -0.15) is 0 Å². The van der Waals surface area contributed by atoms with Gasteiger partial charge in [-0.1, -0.05) is 54.2 Å². The summed E-state index contributed by atoms with van der Waals surface area (Å²) in [6.07, 6.45) is 4.87. The first-order valence-corrected chi connectivity index (χ1v) is 7.23. The lowest BCUT2D eigenvalue weighted by molar-refractivity contribution is 0.616. The number of allylic oxidation sites excluding steroid dienone is 1. The molecule has 1 N–H and O–H groups in total. The van der Waals surface area contributed by atoms with Crippen LogP contribution in [0.4, 0.5) is 0 Å². The first-order chi connectivity index (χ1) is 9.31. The van der Waals surface area contributed by atoms with Crippen LogP contribution < -0.4 is 5.69 Å². The van der Waals surface area contributed by atoms with Crippen LogP contribution in [0.2, 0.25) is 0 Å². The van der Waals surface area contributed by atoms with Crippen LogP contribution in [0.1, 0.15) is 12.5 Å². The smallest absolute Gasteiger partial charge is 0.270 e. The van der Waals surface area contributed by atoms with E-state index in [2.05, 4.69) is 22.3 Å². The summed E-state index contributed by atoms with van der Waals surface area (Å²) in [5, 5.41) is 7.32. The van der Waals surface area contributed by atoms with Crippen molar-refractivity contribution >= 4 is 11.8 Å². The summed E-state index contributed by atoms with van der Waals surface area (Å²) in [5.74, 6) is 0.826. The van der Waals surface area contributed by atoms with E-state index in [0.29, 0.717) is 6.54 Å². The third-order valence-corrected chi connectivity index (χ3v) is 3.66. The van der Waals surface area contributed by atoms with Crippen molar-refractivity contribution in [3.05, 3.63) is 58.5 Å². The molecular formula is C14H17N3OS. The molecule has 0 aliphatic heterocycles. The predicted octanol–water partition coefficient (Wildman–Crippen LogP) is 2.48. The highest BCUT2D eigenvalue weighted by molar-refractivity contribution is 7.99. The lowest BCUT2D eigenvalue weighted by atomic mass is 10.1. The second kappa shape index (κ2) is 6.99. The zero-order chi connectivity index (χ0) is 13.5. The number of benzene rings is 1. The normalized spacial score (nSPS) is 11.2. The average molecular weight is 275 g/mol. The number of thioether (sulfide) groups is 1. The molecule has 2 aromatic rings. The van der Waals surface area contributed by atoms with Crippen molar-refractivity contribution in [2.24, 2.45) is 0 Å². The maximum absolute atomic E-state index is 11.7. The second-order valence-electron chi connectivity index (χ2n) is 4.08. The highest BCUT2D eigenvalue weighted by Gasteiger charge is 2.07. The number of hydrogen-bond donors (Lipinski definition) is 1. The van der Waals surface area contributed by atoms with Crippen LogP contribution in [-0.2, 0) is 13.0 Å². The molecule has 1 heterocycles. The molecule has 19 heavy (non-hydrogen) atoms. The van der Waals surface area contributed by atoms with Gasteiger partial charge in [-0.25, -0.2) is 9.89 Å². The van der Waals surface area contributed by atoms with Gasteiger partial charge in [0.05, 0.1) is 0 Å². The van der Waals surface area contributed by atoms with Crippen LogP contribution in [-0.4, -0.2) is 20.5 Å². The fourth-order valence-electron chi connectivity index (χ4n) is 1.72. The van der Waals surface area contributed by atoms with Crippen LogP contribution >= 0.6 is 11.8 Å². The summed E-state index contributed by atoms with van der Waals surface area (Å²) in [6, 6.07) is 10.1. The van der Waals surface area contributed by atoms with Gasteiger partial charge in [0.1, 0.15) is 0 Å². The number of aryl methyl sites for hydroxylation is 1. The third kappa shape index (κ3) is 3.86. The minimum Gasteiger partial charge on any atom is -0.270 e. The van der Waals surface area contributed by atoms with Crippen LogP contribution in [0.5, 0.6) is 0 Å². The summed E-state index contributed by atoms with van der Waals surface area (Å²) in [7, 11) is 0. The van der Waals surface area contributed by atoms with Gasteiger partial charge >= 0.3 is 5.69 Å². The van der Waals surface area contributed by atoms with Gasteiger partial charge in [0.15, 0.2) is 5.16 Å². The number of aromatic amines is 1. The van der Waals surface area contributed by atoms with Gasteiger partial charge in [-0.15, -0.1) is 5.10 Å². The van der Waals surface area contributed by atoms with Gasteiger partial charge in [-0.3, -0.25) is 4.57 Å². The number of rotatable bonds is 6. The highest BCUT2D eigenvalue weighted by atomic mass is 32.2. The van der Waals surface area contributed by atoms with E-state index in [1.54, 1.807) is 16.3 Å². The van der Waals surface area contributed by atoms with Crippen molar-refractivity contribution in [2.75, 3.05) is 5.75 Å². The van der Waals surface area contributed by atoms with E-state index in [1.165, 1.54) is 5.56 Å². The topological polar surface area (TPSA) is 50.7 Å². The summed E-state index contributed by atoms with van der Waals surface area (Å²) in [6.45, 7) is 2.63. The highest BCUT2D eigenvalue weighted by Crippen LogP contribution is 2.13. The molecule has 0 unspecified atom stereocenters. The van der Waals surface area contributed by atoms with Gasteiger partial charge in [0, 0.05) is 12.3 Å². The molecule has 0 saturated carbocycles. The Kier molecular flexibility index (Phi) is 5.03. The molecule has 5 heteroatoms. The largest absolute Gasteiger partial charge is 0.343 e. The zero-order valence-electron chi connectivity index (χ0n) is 10.9. The van der Waals surface area contributed by atoms with Crippen molar-refractivity contribution in [1.82, 2.24) is 14.8 Å². The molecule has 0 spiro atoms. The fourth-order valence-corrected chi connectivity index (χ4v) is 2.59. The van der Waals surface area contributed by atoms with Crippen LogP contribution in [0.15, 0.2) is 52.4 Å². The summed E-state index contributed by atoms with van der Waals surface area (Å²) >= 11 is 1.56. The molecule has 4 nitrogen and oxygen atoms in total. The molecule has 0 amide bonds. The minimum absolute atomic E-state index is 0.140. The minimum atomic E-state index is -0.140. The molecule has 0 fully saturated rings. The van der Waals surface area contributed by atoms with E-state index in [0.717, 1.165) is 17.3 Å². The van der Waals surface area contributed by atoms with Crippen LogP contribution in [0.3, 0.4) is 0 Å². The van der Waals surface area contributed by atoms with Crippen molar-refractivity contribution < 1.29 is 0 Å². The van der Waals surface area contributed by atoms with Crippen molar-refractivity contribution in [3.63, 3.8) is 0 Å². The number of aromatic nitrogens is 3. The Labute approximate surface area is 116 Å². The van der Waals surface area contributed by atoms with Gasteiger partial charge in [-0.05, 0) is 18.9 Å². The Hall–Kier alpha value is -1.75. The van der Waals surface area contributed by atoms with Crippen LogP contribution in [0.25, 0.3) is 0 Å². The van der Waals surface area contributed by atoms with Gasteiger partial charge in [0.25, 0.3) is 0 Å². The van der Waals surface area contributed by atoms with E-state index in [-0.39, 0.29) is 5.69 Å². The van der Waals surface area contributed by atoms with Gasteiger partial charge < -0.3 is 0 Å². The Morgan fingerprint density at radius 3 is 2.89 bits per heavy atom. The van der Waals surface area contributed by atoms with E-state index in [1.807, 2.05) is 37.3 Å². The predicted molar refractivity (Wildman–Crippen MR) is 78.5 cm³/mol. The number of nitrogens with zero attached hydrogens (tertiary/aromatic N) is 2. The van der Waals surface area contributed by atoms with E-state index >= 15 is 0 Å². The lowest BCUT2D eigenvalue weighted by Crippen LogP contribution is -2.18. The molecular weight excluding hydrogens is 258 g/mol. The van der Waals surface area contributed by atoms with Gasteiger partial charge in [0.2, 0.25) is 0 Å². The molecule has 0 aliphatic rings. The maximum atomic E-state index is 11.7. The summed E-state index contributed by atoms with van der Waals surface area (Å²) in [5.41, 5.74) is 1.08.